The van der Waals surface area contributed by atoms with Crippen molar-refractivity contribution in [2.24, 2.45) is 7.05 Å². The molecular weight excluding hydrogens is 418 g/mol. The van der Waals surface area contributed by atoms with Crippen LogP contribution in [0.1, 0.15) is 23.7 Å². The first kappa shape index (κ1) is 22.8. The van der Waals surface area contributed by atoms with E-state index >= 15 is 0 Å². The number of aromatic nitrogens is 1. The van der Waals surface area contributed by atoms with Crippen LogP contribution >= 0.6 is 0 Å². The molecule has 0 saturated carbocycles. The minimum Gasteiger partial charge on any atom is -0.353 e. The summed E-state index contributed by atoms with van der Waals surface area (Å²) in [6.07, 6.45) is 4.59. The summed E-state index contributed by atoms with van der Waals surface area (Å²) in [4.78, 5) is 26.8. The van der Waals surface area contributed by atoms with Crippen LogP contribution in [-0.4, -0.2) is 63.1 Å². The van der Waals surface area contributed by atoms with Gasteiger partial charge in [-0.25, -0.2) is 8.42 Å². The van der Waals surface area contributed by atoms with E-state index in [4.69, 9.17) is 0 Å². The van der Waals surface area contributed by atoms with E-state index in [1.54, 1.807) is 18.2 Å². The van der Waals surface area contributed by atoms with Crippen molar-refractivity contribution in [3.8, 4) is 0 Å². The number of hydrogen-bond acceptors (Lipinski definition) is 5. The predicted molar refractivity (Wildman–Crippen MR) is 120 cm³/mol. The minimum absolute atomic E-state index is 0.0937. The number of likely N-dealkylation sites (N-methyl/N-ethyl adjacent to an activating group) is 1. The minimum atomic E-state index is -3.42. The molecule has 2 N–H and O–H groups in total. The molecule has 0 fully saturated rings. The summed E-state index contributed by atoms with van der Waals surface area (Å²) >= 11 is 0. The molecule has 9 nitrogen and oxygen atoms in total. The SMILES string of the molecule is CN(C)[C@H](CNC(=O)C(=O)Nc1ccc2c(c1)N(S(C)(=O)=O)CCC2)c1cccn1C. The smallest absolute Gasteiger partial charge is 0.313 e. The van der Waals surface area contributed by atoms with Crippen molar-refractivity contribution < 1.29 is 18.0 Å². The fourth-order valence-corrected chi connectivity index (χ4v) is 4.78. The Morgan fingerprint density at radius 1 is 1.19 bits per heavy atom. The number of rotatable bonds is 6. The molecule has 2 heterocycles. The molecule has 0 unspecified atom stereocenters. The van der Waals surface area contributed by atoms with E-state index in [1.165, 1.54) is 4.31 Å². The lowest BCUT2D eigenvalue weighted by molar-refractivity contribution is -0.136. The van der Waals surface area contributed by atoms with Gasteiger partial charge in [-0.3, -0.25) is 18.8 Å². The van der Waals surface area contributed by atoms with E-state index in [-0.39, 0.29) is 12.6 Å². The Labute approximate surface area is 183 Å². The average Bonchev–Trinajstić information content (AvgIpc) is 3.12. The Balaban J connectivity index is 1.67. The van der Waals surface area contributed by atoms with Gasteiger partial charge in [-0.2, -0.15) is 0 Å². The molecule has 0 radical (unpaired) electrons. The molecule has 3 rings (SSSR count). The molecule has 0 saturated heterocycles. The zero-order valence-electron chi connectivity index (χ0n) is 18.3. The molecule has 0 spiro atoms. The van der Waals surface area contributed by atoms with Gasteiger partial charge in [0, 0.05) is 37.7 Å². The van der Waals surface area contributed by atoms with Crippen molar-refractivity contribution in [2.45, 2.75) is 18.9 Å². The third kappa shape index (κ3) is 5.26. The fraction of sp³-hybridized carbons (Fsp3) is 0.429. The van der Waals surface area contributed by atoms with Crippen molar-refractivity contribution in [2.75, 3.05) is 43.1 Å². The highest BCUT2D eigenvalue weighted by Gasteiger charge is 2.25. The summed E-state index contributed by atoms with van der Waals surface area (Å²) in [6, 6.07) is 8.88. The first-order valence-electron chi connectivity index (χ1n) is 10.1. The number of carbonyl (C=O) groups is 2. The van der Waals surface area contributed by atoms with E-state index in [0.29, 0.717) is 17.9 Å². The van der Waals surface area contributed by atoms with Gasteiger partial charge in [0.15, 0.2) is 0 Å². The van der Waals surface area contributed by atoms with Crippen molar-refractivity contribution >= 4 is 33.2 Å². The number of nitrogens with one attached hydrogen (secondary N) is 2. The van der Waals surface area contributed by atoms with Crippen LogP contribution in [0.15, 0.2) is 36.5 Å². The van der Waals surface area contributed by atoms with Crippen LogP contribution in [-0.2, 0) is 33.1 Å². The molecule has 1 aromatic carbocycles. The maximum absolute atomic E-state index is 12.4. The normalized spacial score (nSPS) is 14.8. The lowest BCUT2D eigenvalue weighted by Gasteiger charge is -2.29. The second-order valence-electron chi connectivity index (χ2n) is 7.97. The Bertz CT molecular complexity index is 1080. The number of benzene rings is 1. The van der Waals surface area contributed by atoms with Crippen molar-refractivity contribution in [3.05, 3.63) is 47.8 Å². The zero-order valence-corrected chi connectivity index (χ0v) is 19.1. The van der Waals surface area contributed by atoms with Crippen LogP contribution < -0.4 is 14.9 Å². The molecule has 1 aliphatic rings. The largest absolute Gasteiger partial charge is 0.353 e. The van der Waals surface area contributed by atoms with Gasteiger partial charge in [0.1, 0.15) is 0 Å². The Morgan fingerprint density at radius 2 is 1.94 bits per heavy atom. The molecule has 0 aliphatic carbocycles. The van der Waals surface area contributed by atoms with Gasteiger partial charge in [-0.15, -0.1) is 0 Å². The highest BCUT2D eigenvalue weighted by molar-refractivity contribution is 7.92. The number of sulfonamides is 1. The standard InChI is InChI=1S/C21H29N5O4S/c1-24(2)19(17-8-6-11-25(17)3)14-22-20(27)21(28)23-16-10-9-15-7-5-12-26(18(15)13-16)31(4,29)30/h6,8-11,13,19H,5,7,12,14H2,1-4H3,(H,22,27)(H,23,28)/t19-/m1/s1. The summed E-state index contributed by atoms with van der Waals surface area (Å²) in [5, 5.41) is 5.25. The highest BCUT2D eigenvalue weighted by atomic mass is 32.2. The summed E-state index contributed by atoms with van der Waals surface area (Å²) in [5.74, 6) is -1.55. The molecule has 1 aromatic heterocycles. The van der Waals surface area contributed by atoms with Gasteiger partial charge in [0.2, 0.25) is 10.0 Å². The molecule has 168 valence electrons. The Hall–Kier alpha value is -2.85. The average molecular weight is 448 g/mol. The maximum atomic E-state index is 12.4. The van der Waals surface area contributed by atoms with Crippen LogP contribution in [0.2, 0.25) is 0 Å². The molecule has 0 bridgehead atoms. The molecule has 10 heteroatoms. The quantitative estimate of drug-likeness (QED) is 0.646. The predicted octanol–water partition coefficient (Wildman–Crippen LogP) is 1.09. The van der Waals surface area contributed by atoms with Gasteiger partial charge in [0.05, 0.1) is 18.0 Å². The summed E-state index contributed by atoms with van der Waals surface area (Å²) in [7, 11) is 2.32. The van der Waals surface area contributed by atoms with E-state index in [9.17, 15) is 18.0 Å². The molecule has 1 atom stereocenters. The first-order chi connectivity index (χ1) is 14.6. The van der Waals surface area contributed by atoms with Gasteiger partial charge in [-0.1, -0.05) is 6.07 Å². The molecule has 2 amide bonds. The topological polar surface area (TPSA) is 104 Å². The summed E-state index contributed by atoms with van der Waals surface area (Å²) in [5.41, 5.74) is 2.83. The number of aryl methyl sites for hydroxylation is 2. The zero-order chi connectivity index (χ0) is 22.8. The van der Waals surface area contributed by atoms with Crippen molar-refractivity contribution in [3.63, 3.8) is 0 Å². The third-order valence-electron chi connectivity index (χ3n) is 5.43. The molecule has 2 aromatic rings. The van der Waals surface area contributed by atoms with Gasteiger partial charge in [0.25, 0.3) is 0 Å². The van der Waals surface area contributed by atoms with Gasteiger partial charge < -0.3 is 15.2 Å². The number of hydrogen-bond donors (Lipinski definition) is 2. The number of anilines is 2. The van der Waals surface area contributed by atoms with Crippen LogP contribution in [0.3, 0.4) is 0 Å². The number of fused-ring (bicyclic) bond motifs is 1. The van der Waals surface area contributed by atoms with E-state index in [0.717, 1.165) is 30.4 Å². The van der Waals surface area contributed by atoms with E-state index in [2.05, 4.69) is 10.6 Å². The number of amides is 2. The van der Waals surface area contributed by atoms with Crippen LogP contribution in [0.5, 0.6) is 0 Å². The Kier molecular flexibility index (Phi) is 6.71. The van der Waals surface area contributed by atoms with Gasteiger partial charge in [-0.05, 0) is 56.8 Å². The Morgan fingerprint density at radius 3 is 2.55 bits per heavy atom. The second-order valence-corrected chi connectivity index (χ2v) is 9.88. The number of nitrogens with zero attached hydrogens (tertiary/aromatic N) is 3. The molecule has 31 heavy (non-hydrogen) atoms. The molecule has 1 aliphatic heterocycles. The van der Waals surface area contributed by atoms with E-state index < -0.39 is 21.8 Å². The summed E-state index contributed by atoms with van der Waals surface area (Å²) < 4.78 is 27.5. The van der Waals surface area contributed by atoms with Crippen LogP contribution in [0.4, 0.5) is 11.4 Å². The van der Waals surface area contributed by atoms with Crippen LogP contribution in [0, 0.1) is 0 Å². The third-order valence-corrected chi connectivity index (χ3v) is 6.61. The number of carbonyl (C=O) groups excluding carboxylic acids is 2. The summed E-state index contributed by atoms with van der Waals surface area (Å²) in [6.45, 7) is 0.665. The lowest BCUT2D eigenvalue weighted by atomic mass is 10.0. The second kappa shape index (κ2) is 9.11. The monoisotopic (exact) mass is 447 g/mol. The first-order valence-corrected chi connectivity index (χ1v) is 11.9. The van der Waals surface area contributed by atoms with Crippen molar-refractivity contribution in [1.82, 2.24) is 14.8 Å². The maximum Gasteiger partial charge on any atom is 0.313 e. The van der Waals surface area contributed by atoms with Crippen LogP contribution in [0.25, 0.3) is 0 Å². The molecular formula is C21H29N5O4S. The van der Waals surface area contributed by atoms with E-state index in [1.807, 2.05) is 48.9 Å². The van der Waals surface area contributed by atoms with Gasteiger partial charge >= 0.3 is 11.8 Å². The fourth-order valence-electron chi connectivity index (χ4n) is 3.79. The lowest BCUT2D eigenvalue weighted by Crippen LogP contribution is -2.40. The van der Waals surface area contributed by atoms with Crippen molar-refractivity contribution in [1.29, 1.82) is 0 Å². The highest BCUT2D eigenvalue weighted by Crippen LogP contribution is 2.31.